The van der Waals surface area contributed by atoms with Crippen LogP contribution in [-0.2, 0) is 0 Å². The van der Waals surface area contributed by atoms with Crippen molar-refractivity contribution in [3.63, 3.8) is 0 Å². The number of hydrogen-bond donors (Lipinski definition) is 1. The highest BCUT2D eigenvalue weighted by molar-refractivity contribution is 7.80. The van der Waals surface area contributed by atoms with Gasteiger partial charge in [0.15, 0.2) is 0 Å². The zero-order valence-corrected chi connectivity index (χ0v) is 10.6. The summed E-state index contributed by atoms with van der Waals surface area (Å²) in [4.78, 5) is 15.8. The molecule has 0 spiro atoms. The van der Waals surface area contributed by atoms with Crippen molar-refractivity contribution in [2.24, 2.45) is 5.73 Å². The summed E-state index contributed by atoms with van der Waals surface area (Å²) in [6, 6.07) is 0.0228. The van der Waals surface area contributed by atoms with E-state index in [4.69, 9.17) is 18.0 Å². The maximum Gasteiger partial charge on any atom is 0.320 e. The first-order chi connectivity index (χ1) is 7.06. The number of thiocarbonyl (C=S) groups is 1. The number of urea groups is 1. The maximum atomic E-state index is 12.0. The second kappa shape index (κ2) is 7.45. The molecule has 0 aliphatic heterocycles. The smallest absolute Gasteiger partial charge is 0.320 e. The van der Waals surface area contributed by atoms with Gasteiger partial charge in [0.05, 0.1) is 11.5 Å². The van der Waals surface area contributed by atoms with E-state index in [9.17, 15) is 4.79 Å². The molecule has 2 amide bonds. The van der Waals surface area contributed by atoms with Gasteiger partial charge in [0.25, 0.3) is 0 Å². The summed E-state index contributed by atoms with van der Waals surface area (Å²) >= 11 is 4.83. The summed E-state index contributed by atoms with van der Waals surface area (Å²) in [7, 11) is 0. The highest BCUT2D eigenvalue weighted by atomic mass is 32.1. The molecule has 0 saturated heterocycles. The van der Waals surface area contributed by atoms with Crippen LogP contribution in [0.1, 0.15) is 27.2 Å². The fourth-order valence-corrected chi connectivity index (χ4v) is 1.55. The third-order valence-corrected chi connectivity index (χ3v) is 2.27. The molecule has 0 unspecified atom stereocenters. The quantitative estimate of drug-likeness (QED) is 0.704. The molecule has 0 atom stereocenters. The highest BCUT2D eigenvalue weighted by Gasteiger charge is 2.17. The first-order valence-electron chi connectivity index (χ1n) is 5.38. The SMILES string of the molecule is CCCN(CC(N)=S)C(=O)N(CC)CC. The van der Waals surface area contributed by atoms with Gasteiger partial charge in [0, 0.05) is 19.6 Å². The van der Waals surface area contributed by atoms with E-state index in [0.717, 1.165) is 6.42 Å². The fraction of sp³-hybridized carbons (Fsp3) is 0.800. The van der Waals surface area contributed by atoms with Crippen molar-refractivity contribution < 1.29 is 4.79 Å². The second-order valence-corrected chi connectivity index (χ2v) is 3.87. The Morgan fingerprint density at radius 2 is 1.73 bits per heavy atom. The molecule has 0 rings (SSSR count). The minimum atomic E-state index is 0.0228. The van der Waals surface area contributed by atoms with E-state index >= 15 is 0 Å². The summed E-state index contributed by atoms with van der Waals surface area (Å²) in [5, 5.41) is 0. The summed E-state index contributed by atoms with van der Waals surface area (Å²) in [6.07, 6.45) is 0.912. The van der Waals surface area contributed by atoms with E-state index in [1.807, 2.05) is 20.8 Å². The molecule has 0 fully saturated rings. The molecule has 0 aromatic heterocycles. The van der Waals surface area contributed by atoms with E-state index in [-0.39, 0.29) is 6.03 Å². The van der Waals surface area contributed by atoms with Crippen LogP contribution in [0.25, 0.3) is 0 Å². The van der Waals surface area contributed by atoms with Crippen molar-refractivity contribution in [3.05, 3.63) is 0 Å². The molecular formula is C10H21N3OS. The van der Waals surface area contributed by atoms with Crippen LogP contribution in [0.5, 0.6) is 0 Å². The van der Waals surface area contributed by atoms with Gasteiger partial charge in [-0.05, 0) is 20.3 Å². The molecule has 0 aromatic rings. The van der Waals surface area contributed by atoms with Crippen LogP contribution in [0.3, 0.4) is 0 Å². The normalized spacial score (nSPS) is 9.80. The minimum Gasteiger partial charge on any atom is -0.392 e. The number of hydrogen-bond acceptors (Lipinski definition) is 2. The summed E-state index contributed by atoms with van der Waals surface area (Å²) in [5.41, 5.74) is 5.46. The molecule has 0 saturated carbocycles. The van der Waals surface area contributed by atoms with Crippen molar-refractivity contribution in [2.45, 2.75) is 27.2 Å². The van der Waals surface area contributed by atoms with Gasteiger partial charge < -0.3 is 15.5 Å². The second-order valence-electron chi connectivity index (χ2n) is 3.34. The lowest BCUT2D eigenvalue weighted by Gasteiger charge is -2.28. The minimum absolute atomic E-state index is 0.0228. The summed E-state index contributed by atoms with van der Waals surface area (Å²) in [5.74, 6) is 0. The molecular weight excluding hydrogens is 210 g/mol. The summed E-state index contributed by atoms with van der Waals surface area (Å²) in [6.45, 7) is 8.46. The molecule has 88 valence electrons. The first-order valence-corrected chi connectivity index (χ1v) is 5.79. The lowest BCUT2D eigenvalue weighted by molar-refractivity contribution is 0.164. The topological polar surface area (TPSA) is 49.6 Å². The highest BCUT2D eigenvalue weighted by Crippen LogP contribution is 2.00. The molecule has 0 aromatic carbocycles. The third kappa shape index (κ3) is 4.97. The van der Waals surface area contributed by atoms with E-state index < -0.39 is 0 Å². The average molecular weight is 231 g/mol. The Hall–Kier alpha value is -0.840. The van der Waals surface area contributed by atoms with Gasteiger partial charge in [0.2, 0.25) is 0 Å². The molecule has 0 radical (unpaired) electrons. The fourth-order valence-electron chi connectivity index (χ4n) is 1.39. The van der Waals surface area contributed by atoms with Crippen LogP contribution in [0.15, 0.2) is 0 Å². The Morgan fingerprint density at radius 1 is 1.20 bits per heavy atom. The van der Waals surface area contributed by atoms with Crippen LogP contribution in [0, 0.1) is 0 Å². The maximum absolute atomic E-state index is 12.0. The number of nitrogens with two attached hydrogens (primary N) is 1. The monoisotopic (exact) mass is 231 g/mol. The van der Waals surface area contributed by atoms with Gasteiger partial charge in [-0.15, -0.1) is 0 Å². The van der Waals surface area contributed by atoms with Crippen LogP contribution in [0.4, 0.5) is 4.79 Å². The Balaban J connectivity index is 4.45. The Kier molecular flexibility index (Phi) is 7.03. The average Bonchev–Trinajstić information content (AvgIpc) is 2.18. The van der Waals surface area contributed by atoms with E-state index in [0.29, 0.717) is 31.2 Å². The number of nitrogens with zero attached hydrogens (tertiary/aromatic N) is 2. The predicted molar refractivity (Wildman–Crippen MR) is 67.0 cm³/mol. The Labute approximate surface area is 97.4 Å². The summed E-state index contributed by atoms with van der Waals surface area (Å²) < 4.78 is 0. The lowest BCUT2D eigenvalue weighted by Crippen LogP contribution is -2.46. The van der Waals surface area contributed by atoms with Gasteiger partial charge >= 0.3 is 6.03 Å². The number of rotatable bonds is 6. The van der Waals surface area contributed by atoms with Crippen LogP contribution >= 0.6 is 12.2 Å². The predicted octanol–water partition coefficient (Wildman–Crippen LogP) is 1.45. The molecule has 15 heavy (non-hydrogen) atoms. The largest absolute Gasteiger partial charge is 0.392 e. The lowest BCUT2D eigenvalue weighted by atomic mass is 10.4. The van der Waals surface area contributed by atoms with Crippen molar-refractivity contribution in [2.75, 3.05) is 26.2 Å². The van der Waals surface area contributed by atoms with Gasteiger partial charge in [-0.2, -0.15) is 0 Å². The van der Waals surface area contributed by atoms with Crippen LogP contribution in [0.2, 0.25) is 0 Å². The zero-order valence-electron chi connectivity index (χ0n) is 9.82. The molecule has 0 heterocycles. The number of amides is 2. The van der Waals surface area contributed by atoms with Crippen LogP contribution < -0.4 is 5.73 Å². The third-order valence-electron chi connectivity index (χ3n) is 2.14. The Bertz CT molecular complexity index is 217. The molecule has 4 nitrogen and oxygen atoms in total. The molecule has 0 aliphatic rings. The van der Waals surface area contributed by atoms with E-state index in [2.05, 4.69) is 0 Å². The van der Waals surface area contributed by atoms with Crippen LogP contribution in [-0.4, -0.2) is 47.0 Å². The standard InChI is InChI=1S/C10H21N3OS/c1-4-7-13(8-9(11)15)10(14)12(5-2)6-3/h4-8H2,1-3H3,(H2,11,15). The van der Waals surface area contributed by atoms with E-state index in [1.165, 1.54) is 0 Å². The molecule has 5 heteroatoms. The van der Waals surface area contributed by atoms with Gasteiger partial charge in [-0.1, -0.05) is 19.1 Å². The first kappa shape index (κ1) is 14.2. The number of carbonyl (C=O) groups excluding carboxylic acids is 1. The van der Waals surface area contributed by atoms with Crippen molar-refractivity contribution >= 4 is 23.2 Å². The van der Waals surface area contributed by atoms with Crippen molar-refractivity contribution in [1.29, 1.82) is 0 Å². The Morgan fingerprint density at radius 3 is 2.07 bits per heavy atom. The van der Waals surface area contributed by atoms with E-state index in [1.54, 1.807) is 9.80 Å². The van der Waals surface area contributed by atoms with Gasteiger partial charge in [0.1, 0.15) is 0 Å². The van der Waals surface area contributed by atoms with Crippen molar-refractivity contribution in [1.82, 2.24) is 9.80 Å². The van der Waals surface area contributed by atoms with Crippen molar-refractivity contribution in [3.8, 4) is 0 Å². The molecule has 2 N–H and O–H groups in total. The van der Waals surface area contributed by atoms with Gasteiger partial charge in [-0.25, -0.2) is 4.79 Å². The zero-order chi connectivity index (χ0) is 11.8. The van der Waals surface area contributed by atoms with Gasteiger partial charge in [-0.3, -0.25) is 0 Å². The molecule has 0 aliphatic carbocycles. The molecule has 0 bridgehead atoms. The number of carbonyl (C=O) groups is 1.